The molecule has 5 nitrogen and oxygen atoms in total. The summed E-state index contributed by atoms with van der Waals surface area (Å²) in [6.07, 6.45) is 2.41. The average Bonchev–Trinajstić information content (AvgIpc) is 2.91. The van der Waals surface area contributed by atoms with Gasteiger partial charge in [-0.2, -0.15) is 0 Å². The topological polar surface area (TPSA) is 65.2 Å². The number of nitrogens with one attached hydrogen (secondary N) is 2. The molecule has 110 valence electrons. The van der Waals surface area contributed by atoms with Gasteiger partial charge in [0, 0.05) is 23.6 Å². The molecule has 2 N–H and O–H groups in total. The lowest BCUT2D eigenvalue weighted by atomic mass is 10.1. The molecule has 0 fully saturated rings. The van der Waals surface area contributed by atoms with Crippen LogP contribution in [0.25, 0.3) is 10.9 Å². The second kappa shape index (κ2) is 5.95. The van der Waals surface area contributed by atoms with Crippen molar-refractivity contribution in [2.75, 3.05) is 27.7 Å². The predicted molar refractivity (Wildman–Crippen MR) is 82.2 cm³/mol. The zero-order valence-electron chi connectivity index (χ0n) is 14.9. The van der Waals surface area contributed by atoms with Crippen LogP contribution >= 0.6 is 0 Å². The van der Waals surface area contributed by atoms with E-state index in [1.165, 1.54) is 7.05 Å². The van der Waals surface area contributed by atoms with Crippen LogP contribution in [-0.2, 0) is 22.2 Å². The molecule has 1 heterocycles. The Labute approximate surface area is 124 Å². The molecule has 0 amide bonds. The van der Waals surface area contributed by atoms with E-state index in [4.69, 9.17) is 4.11 Å². The van der Waals surface area contributed by atoms with E-state index in [-0.39, 0.29) is 23.7 Å². The van der Waals surface area contributed by atoms with Crippen LogP contribution in [-0.4, -0.2) is 46.0 Å². The number of likely N-dealkylation sites (N-methyl/N-ethyl adjacent to an activating group) is 1. The Balaban J connectivity index is 2.62. The van der Waals surface area contributed by atoms with Crippen molar-refractivity contribution < 1.29 is 12.5 Å². The van der Waals surface area contributed by atoms with Gasteiger partial charge in [0.2, 0.25) is 10.0 Å². The van der Waals surface area contributed by atoms with Gasteiger partial charge in [0.15, 0.2) is 0 Å². The van der Waals surface area contributed by atoms with Crippen LogP contribution in [0.1, 0.15) is 15.2 Å². The van der Waals surface area contributed by atoms with E-state index in [1.807, 2.05) is 19.0 Å². The van der Waals surface area contributed by atoms with E-state index in [0.29, 0.717) is 17.3 Å². The van der Waals surface area contributed by atoms with Gasteiger partial charge in [0.05, 0.1) is 9.87 Å². The van der Waals surface area contributed by atoms with Gasteiger partial charge in [-0.15, -0.1) is 0 Å². The summed E-state index contributed by atoms with van der Waals surface area (Å²) >= 11 is 0. The van der Waals surface area contributed by atoms with E-state index in [0.717, 1.165) is 12.1 Å². The Morgan fingerprint density at radius 3 is 2.80 bits per heavy atom. The minimum absolute atomic E-state index is 0.00910. The fourth-order valence-corrected chi connectivity index (χ4v) is 2.57. The molecule has 0 saturated carbocycles. The molecule has 2 aromatic rings. The molecule has 0 radical (unpaired) electrons. The number of hydrogen-bond acceptors (Lipinski definition) is 3. The zero-order valence-corrected chi connectivity index (χ0v) is 12.7. The molecular weight excluding hydrogens is 274 g/mol. The van der Waals surface area contributed by atoms with Gasteiger partial charge in [-0.25, -0.2) is 13.1 Å². The van der Waals surface area contributed by atoms with Crippen molar-refractivity contribution in [1.82, 2.24) is 14.6 Å². The monoisotopic (exact) mass is 298 g/mol. The molecule has 6 heteroatoms. The highest BCUT2D eigenvalue weighted by molar-refractivity contribution is 7.88. The Bertz CT molecular complexity index is 832. The molecule has 0 aliphatic rings. The number of nitrogens with zero attached hydrogens (tertiary/aromatic N) is 1. The molecule has 2 rings (SSSR count). The molecule has 0 saturated heterocycles. The Kier molecular flexibility index (Phi) is 3.36. The lowest BCUT2D eigenvalue weighted by Gasteiger charge is -2.08. The first kappa shape index (κ1) is 11.3. The summed E-state index contributed by atoms with van der Waals surface area (Å²) in [4.78, 5) is 4.96. The fourth-order valence-electron chi connectivity index (χ4n) is 1.90. The van der Waals surface area contributed by atoms with Crippen LogP contribution in [0.2, 0.25) is 0 Å². The number of aromatic amines is 1. The lowest BCUT2D eigenvalue weighted by molar-refractivity contribution is 0.414. The fraction of sp³-hybridized carbons (Fsp3) is 0.429. The maximum atomic E-state index is 11.8. The lowest BCUT2D eigenvalue weighted by Crippen LogP contribution is -2.20. The van der Waals surface area contributed by atoms with E-state index in [2.05, 4.69) is 9.71 Å². The Morgan fingerprint density at radius 1 is 1.40 bits per heavy atom. The van der Waals surface area contributed by atoms with Crippen LogP contribution in [0.5, 0.6) is 0 Å². The molecule has 0 unspecified atom stereocenters. The van der Waals surface area contributed by atoms with Gasteiger partial charge < -0.3 is 9.88 Å². The molecule has 0 bridgehead atoms. The molecule has 0 aliphatic heterocycles. The number of aromatic nitrogens is 1. The molecule has 1 aromatic carbocycles. The van der Waals surface area contributed by atoms with E-state index < -0.39 is 15.8 Å². The van der Waals surface area contributed by atoms with Crippen LogP contribution < -0.4 is 4.72 Å². The summed E-state index contributed by atoms with van der Waals surface area (Å²) in [7, 11) is 1.56. The third-order valence-electron chi connectivity index (χ3n) is 3.05. The van der Waals surface area contributed by atoms with Crippen molar-refractivity contribution in [3.63, 3.8) is 0 Å². The van der Waals surface area contributed by atoms with Gasteiger partial charge in [-0.1, -0.05) is 6.04 Å². The zero-order chi connectivity index (χ0) is 17.4. The van der Waals surface area contributed by atoms with Crippen molar-refractivity contribution in [2.45, 2.75) is 12.2 Å². The van der Waals surface area contributed by atoms with Crippen LogP contribution in [0.3, 0.4) is 0 Å². The molecule has 0 spiro atoms. The Hall–Kier alpha value is -1.37. The number of rotatable bonds is 6. The third-order valence-corrected chi connectivity index (χ3v) is 4.34. The van der Waals surface area contributed by atoms with Gasteiger partial charge in [0.25, 0.3) is 0 Å². The summed E-state index contributed by atoms with van der Waals surface area (Å²) in [5, 5.41) is 0.536. The maximum absolute atomic E-state index is 11.8. The second-order valence-corrected chi connectivity index (χ2v) is 6.86. The average molecular weight is 298 g/mol. The van der Waals surface area contributed by atoms with Gasteiger partial charge in [0.1, 0.15) is 0 Å². The summed E-state index contributed by atoms with van der Waals surface area (Å²) in [6.45, 7) is 0.770. The number of fused-ring (bicyclic) bond motifs is 1. The third kappa shape index (κ3) is 3.59. The van der Waals surface area contributed by atoms with Crippen molar-refractivity contribution in [3.05, 3.63) is 35.5 Å². The first-order valence-electron chi connectivity index (χ1n) is 7.82. The van der Waals surface area contributed by atoms with Crippen LogP contribution in [0.4, 0.5) is 0 Å². The minimum Gasteiger partial charge on any atom is -0.361 e. The molecule has 1 aromatic heterocycles. The SMILES string of the molecule is [2H]c1c(CS(=O)(=O)NC)c([2H])c2c(CCN(C)C)c[nH]c2c1[2H]. The highest BCUT2D eigenvalue weighted by atomic mass is 32.2. The summed E-state index contributed by atoms with van der Waals surface area (Å²) in [6, 6.07) is -0.287. The summed E-state index contributed by atoms with van der Waals surface area (Å²) < 4.78 is 50.3. The first-order valence-corrected chi connectivity index (χ1v) is 7.97. The standard InChI is InChI=1S/C14H21N3O2S/c1-15-20(18,19)10-11-4-5-14-13(8-11)12(9-16-14)6-7-17(2)3/h4-5,8-9,15-16H,6-7,10H2,1-3H3/i4D,5D,8D. The second-order valence-electron chi connectivity index (χ2n) is 4.93. The first-order chi connectivity index (χ1) is 10.7. The van der Waals surface area contributed by atoms with E-state index in [9.17, 15) is 8.42 Å². The number of benzene rings is 1. The quantitative estimate of drug-likeness (QED) is 0.845. The summed E-state index contributed by atoms with van der Waals surface area (Å²) in [5.74, 6) is -0.471. The Morgan fingerprint density at radius 2 is 2.15 bits per heavy atom. The molecular formula is C14H21N3O2S. The van der Waals surface area contributed by atoms with Crippen molar-refractivity contribution in [2.24, 2.45) is 0 Å². The normalized spacial score (nSPS) is 14.5. The van der Waals surface area contributed by atoms with Gasteiger partial charge in [-0.05, 0) is 50.8 Å². The van der Waals surface area contributed by atoms with Crippen LogP contribution in [0, 0.1) is 0 Å². The minimum atomic E-state index is -3.62. The highest BCUT2D eigenvalue weighted by Gasteiger charge is 2.11. The van der Waals surface area contributed by atoms with Gasteiger partial charge in [-0.3, -0.25) is 0 Å². The smallest absolute Gasteiger partial charge is 0.215 e. The molecule has 0 aliphatic carbocycles. The molecule has 20 heavy (non-hydrogen) atoms. The number of sulfonamides is 1. The van der Waals surface area contributed by atoms with Crippen molar-refractivity contribution in [1.29, 1.82) is 0 Å². The summed E-state index contributed by atoms with van der Waals surface area (Å²) in [5.41, 5.74) is 1.33. The predicted octanol–water partition coefficient (Wildman–Crippen LogP) is 1.32. The number of hydrogen-bond donors (Lipinski definition) is 2. The maximum Gasteiger partial charge on any atom is 0.215 e. The van der Waals surface area contributed by atoms with E-state index in [1.54, 1.807) is 6.20 Å². The van der Waals surface area contributed by atoms with Crippen LogP contribution in [0.15, 0.2) is 24.3 Å². The molecule has 0 atom stereocenters. The number of H-pyrrole nitrogens is 1. The van der Waals surface area contributed by atoms with Gasteiger partial charge >= 0.3 is 0 Å². The van der Waals surface area contributed by atoms with E-state index >= 15 is 0 Å². The van der Waals surface area contributed by atoms with Crippen molar-refractivity contribution in [3.8, 4) is 0 Å². The van der Waals surface area contributed by atoms with Crippen molar-refractivity contribution >= 4 is 20.9 Å². The highest BCUT2D eigenvalue weighted by Crippen LogP contribution is 2.21. The largest absolute Gasteiger partial charge is 0.361 e.